The highest BCUT2D eigenvalue weighted by Gasteiger charge is 2.05. The summed E-state index contributed by atoms with van der Waals surface area (Å²) in [5, 5.41) is 4.05. The standard InChI is InChI=1S/C10H15ClN2/c1-4-7(2)13-9-5-6-12-8(3)10(9)11/h5-7H,4H2,1-3H3,(H,12,13). The van der Waals surface area contributed by atoms with E-state index in [4.69, 9.17) is 11.6 Å². The first-order valence-corrected chi connectivity index (χ1v) is 4.90. The first-order valence-electron chi connectivity index (χ1n) is 4.52. The van der Waals surface area contributed by atoms with Crippen molar-refractivity contribution in [3.05, 3.63) is 23.0 Å². The molecule has 72 valence electrons. The maximum absolute atomic E-state index is 6.07. The lowest BCUT2D eigenvalue weighted by molar-refractivity contribution is 0.763. The van der Waals surface area contributed by atoms with Crippen LogP contribution in [0, 0.1) is 6.92 Å². The van der Waals surface area contributed by atoms with Gasteiger partial charge in [-0.05, 0) is 26.3 Å². The largest absolute Gasteiger partial charge is 0.381 e. The van der Waals surface area contributed by atoms with Crippen LogP contribution >= 0.6 is 11.6 Å². The Hall–Kier alpha value is -0.760. The molecule has 1 N–H and O–H groups in total. The molecule has 1 atom stereocenters. The van der Waals surface area contributed by atoms with E-state index in [-0.39, 0.29) is 0 Å². The minimum absolute atomic E-state index is 0.444. The smallest absolute Gasteiger partial charge is 0.0849 e. The maximum Gasteiger partial charge on any atom is 0.0849 e. The number of pyridine rings is 1. The lowest BCUT2D eigenvalue weighted by Gasteiger charge is -2.14. The zero-order chi connectivity index (χ0) is 9.84. The summed E-state index contributed by atoms with van der Waals surface area (Å²) in [6.45, 7) is 6.18. The van der Waals surface area contributed by atoms with E-state index in [0.717, 1.165) is 22.8 Å². The summed E-state index contributed by atoms with van der Waals surface area (Å²) in [4.78, 5) is 4.10. The second-order valence-corrected chi connectivity index (χ2v) is 3.59. The second kappa shape index (κ2) is 4.47. The van der Waals surface area contributed by atoms with Crippen LogP contribution in [-0.4, -0.2) is 11.0 Å². The van der Waals surface area contributed by atoms with Gasteiger partial charge < -0.3 is 5.32 Å². The van der Waals surface area contributed by atoms with E-state index in [1.807, 2.05) is 13.0 Å². The van der Waals surface area contributed by atoms with E-state index < -0.39 is 0 Å². The Balaban J connectivity index is 2.83. The summed E-state index contributed by atoms with van der Waals surface area (Å²) in [5.74, 6) is 0. The zero-order valence-corrected chi connectivity index (χ0v) is 9.02. The number of hydrogen-bond donors (Lipinski definition) is 1. The predicted octanol–water partition coefficient (Wildman–Crippen LogP) is 3.25. The molecule has 0 aromatic carbocycles. The third-order valence-electron chi connectivity index (χ3n) is 2.08. The van der Waals surface area contributed by atoms with Gasteiger partial charge in [-0.1, -0.05) is 18.5 Å². The molecule has 0 saturated heterocycles. The summed E-state index contributed by atoms with van der Waals surface area (Å²) >= 11 is 6.07. The Morgan fingerprint density at radius 3 is 2.92 bits per heavy atom. The topological polar surface area (TPSA) is 24.9 Å². The molecule has 1 rings (SSSR count). The van der Waals surface area contributed by atoms with Gasteiger partial charge in [0.2, 0.25) is 0 Å². The van der Waals surface area contributed by atoms with E-state index in [9.17, 15) is 0 Å². The molecular weight excluding hydrogens is 184 g/mol. The highest BCUT2D eigenvalue weighted by atomic mass is 35.5. The Kier molecular flexibility index (Phi) is 3.55. The maximum atomic E-state index is 6.07. The molecule has 0 aliphatic carbocycles. The molecule has 1 heterocycles. The molecule has 0 spiro atoms. The van der Waals surface area contributed by atoms with Gasteiger partial charge in [-0.25, -0.2) is 0 Å². The first-order chi connectivity index (χ1) is 6.15. The minimum atomic E-state index is 0.444. The van der Waals surface area contributed by atoms with Gasteiger partial charge in [0, 0.05) is 12.2 Å². The second-order valence-electron chi connectivity index (χ2n) is 3.21. The molecule has 1 unspecified atom stereocenters. The number of nitrogens with one attached hydrogen (secondary N) is 1. The molecule has 0 fully saturated rings. The third-order valence-corrected chi connectivity index (χ3v) is 2.55. The van der Waals surface area contributed by atoms with Crippen molar-refractivity contribution < 1.29 is 0 Å². The lowest BCUT2D eigenvalue weighted by atomic mass is 10.2. The molecule has 0 bridgehead atoms. The van der Waals surface area contributed by atoms with E-state index in [1.54, 1.807) is 6.20 Å². The van der Waals surface area contributed by atoms with Gasteiger partial charge in [-0.3, -0.25) is 4.98 Å². The molecule has 2 nitrogen and oxygen atoms in total. The number of aryl methyl sites for hydroxylation is 1. The summed E-state index contributed by atoms with van der Waals surface area (Å²) in [6.07, 6.45) is 2.85. The van der Waals surface area contributed by atoms with Crippen molar-refractivity contribution in [3.8, 4) is 0 Å². The van der Waals surface area contributed by atoms with E-state index >= 15 is 0 Å². The average molecular weight is 199 g/mol. The summed E-state index contributed by atoms with van der Waals surface area (Å²) < 4.78 is 0. The molecule has 0 saturated carbocycles. The van der Waals surface area contributed by atoms with Gasteiger partial charge in [0.05, 0.1) is 16.4 Å². The fourth-order valence-electron chi connectivity index (χ4n) is 1.03. The van der Waals surface area contributed by atoms with Gasteiger partial charge >= 0.3 is 0 Å². The number of hydrogen-bond acceptors (Lipinski definition) is 2. The SMILES string of the molecule is CCC(C)Nc1ccnc(C)c1Cl. The van der Waals surface area contributed by atoms with Gasteiger partial charge in [-0.2, -0.15) is 0 Å². The fourth-order valence-corrected chi connectivity index (χ4v) is 1.19. The molecule has 0 amide bonds. The first kappa shape index (κ1) is 10.3. The molecule has 1 aromatic rings. The van der Waals surface area contributed by atoms with Crippen LogP contribution in [0.1, 0.15) is 26.0 Å². The summed E-state index contributed by atoms with van der Waals surface area (Å²) in [7, 11) is 0. The Morgan fingerprint density at radius 2 is 2.31 bits per heavy atom. The Bertz CT molecular complexity index is 286. The Labute approximate surface area is 84.3 Å². The van der Waals surface area contributed by atoms with E-state index in [2.05, 4.69) is 24.1 Å². The van der Waals surface area contributed by atoms with Crippen LogP contribution < -0.4 is 5.32 Å². The minimum Gasteiger partial charge on any atom is -0.381 e. The van der Waals surface area contributed by atoms with Gasteiger partial charge in [0.25, 0.3) is 0 Å². The van der Waals surface area contributed by atoms with Crippen LogP contribution in [0.25, 0.3) is 0 Å². The van der Waals surface area contributed by atoms with Crippen LogP contribution in [0.5, 0.6) is 0 Å². The lowest BCUT2D eigenvalue weighted by Crippen LogP contribution is -2.13. The zero-order valence-electron chi connectivity index (χ0n) is 8.26. The Morgan fingerprint density at radius 1 is 1.62 bits per heavy atom. The summed E-state index contributed by atoms with van der Waals surface area (Å²) in [5.41, 5.74) is 1.85. The quantitative estimate of drug-likeness (QED) is 0.807. The average Bonchev–Trinajstić information content (AvgIpc) is 2.13. The van der Waals surface area contributed by atoms with Gasteiger partial charge in [0.15, 0.2) is 0 Å². The number of nitrogens with zero attached hydrogens (tertiary/aromatic N) is 1. The van der Waals surface area contributed by atoms with Crippen LogP contribution in [-0.2, 0) is 0 Å². The monoisotopic (exact) mass is 198 g/mol. The number of halogens is 1. The van der Waals surface area contributed by atoms with Gasteiger partial charge in [0.1, 0.15) is 0 Å². The highest BCUT2D eigenvalue weighted by molar-refractivity contribution is 6.33. The molecular formula is C10H15ClN2. The summed E-state index contributed by atoms with van der Waals surface area (Å²) in [6, 6.07) is 2.35. The molecule has 0 aliphatic heterocycles. The fraction of sp³-hybridized carbons (Fsp3) is 0.500. The third kappa shape index (κ3) is 2.59. The van der Waals surface area contributed by atoms with E-state index in [1.165, 1.54) is 0 Å². The van der Waals surface area contributed by atoms with Crippen LogP contribution in [0.2, 0.25) is 5.02 Å². The van der Waals surface area contributed by atoms with Crippen molar-refractivity contribution in [1.82, 2.24) is 4.98 Å². The van der Waals surface area contributed by atoms with Crippen molar-refractivity contribution in [3.63, 3.8) is 0 Å². The number of anilines is 1. The van der Waals surface area contributed by atoms with Crippen molar-refractivity contribution >= 4 is 17.3 Å². The number of aromatic nitrogens is 1. The van der Waals surface area contributed by atoms with Crippen LogP contribution in [0.4, 0.5) is 5.69 Å². The van der Waals surface area contributed by atoms with Crippen molar-refractivity contribution in [2.75, 3.05) is 5.32 Å². The van der Waals surface area contributed by atoms with Crippen molar-refractivity contribution in [2.24, 2.45) is 0 Å². The van der Waals surface area contributed by atoms with E-state index in [0.29, 0.717) is 6.04 Å². The van der Waals surface area contributed by atoms with Crippen molar-refractivity contribution in [2.45, 2.75) is 33.2 Å². The number of rotatable bonds is 3. The molecule has 1 aromatic heterocycles. The van der Waals surface area contributed by atoms with Crippen LogP contribution in [0.15, 0.2) is 12.3 Å². The molecule has 0 aliphatic rings. The molecule has 13 heavy (non-hydrogen) atoms. The highest BCUT2D eigenvalue weighted by Crippen LogP contribution is 2.24. The molecule has 3 heteroatoms. The van der Waals surface area contributed by atoms with Crippen LogP contribution in [0.3, 0.4) is 0 Å². The van der Waals surface area contributed by atoms with Gasteiger partial charge in [-0.15, -0.1) is 0 Å². The predicted molar refractivity (Wildman–Crippen MR) is 57.4 cm³/mol. The molecule has 0 radical (unpaired) electrons. The van der Waals surface area contributed by atoms with Crippen molar-refractivity contribution in [1.29, 1.82) is 0 Å². The normalized spacial score (nSPS) is 12.6.